The Morgan fingerprint density at radius 1 is 1.20 bits per heavy atom. The molecule has 0 radical (unpaired) electrons. The molecule has 3 rings (SSSR count). The summed E-state index contributed by atoms with van der Waals surface area (Å²) in [6.45, 7) is 6.87. The first-order chi connectivity index (χ1) is 14.3. The summed E-state index contributed by atoms with van der Waals surface area (Å²) in [5.41, 5.74) is 1.80. The number of benzene rings is 1. The van der Waals surface area contributed by atoms with Gasteiger partial charge in [-0.05, 0) is 38.5 Å². The number of hydrogen-bond acceptors (Lipinski definition) is 8. The van der Waals surface area contributed by atoms with Crippen LogP contribution in [0.25, 0.3) is 0 Å². The third kappa shape index (κ3) is 4.35. The lowest BCUT2D eigenvalue weighted by Gasteiger charge is -2.32. The summed E-state index contributed by atoms with van der Waals surface area (Å²) in [6, 6.07) is 6.61. The Balaban J connectivity index is 2.14. The first kappa shape index (κ1) is 21.5. The van der Waals surface area contributed by atoms with Gasteiger partial charge in [0.2, 0.25) is 5.91 Å². The highest BCUT2D eigenvalue weighted by Gasteiger charge is 2.35. The fourth-order valence-electron chi connectivity index (χ4n) is 3.12. The van der Waals surface area contributed by atoms with Gasteiger partial charge in [0.1, 0.15) is 17.5 Å². The van der Waals surface area contributed by atoms with Crippen molar-refractivity contribution in [3.05, 3.63) is 57.4 Å². The van der Waals surface area contributed by atoms with Crippen LogP contribution in [0.1, 0.15) is 43.1 Å². The highest BCUT2D eigenvalue weighted by molar-refractivity contribution is 7.09. The molecule has 2 aromatic rings. The normalized spacial score (nSPS) is 16.2. The summed E-state index contributed by atoms with van der Waals surface area (Å²) in [6.07, 6.45) is -0.850. The second kappa shape index (κ2) is 9.08. The van der Waals surface area contributed by atoms with Crippen molar-refractivity contribution in [1.29, 1.82) is 0 Å². The third-order valence-corrected chi connectivity index (χ3v) is 5.23. The van der Waals surface area contributed by atoms with Gasteiger partial charge in [-0.1, -0.05) is 12.1 Å². The molecule has 0 saturated carbocycles. The van der Waals surface area contributed by atoms with E-state index in [0.29, 0.717) is 23.0 Å². The molecular weight excluding hydrogens is 406 g/mol. The SMILES string of the molecule is CCOC(=O)OC1=C(C)N(C(C)=O)C(c2csc(C)n2)=NC1c1ccc(OC)cc1. The number of methoxy groups -OCH3 is 1. The summed E-state index contributed by atoms with van der Waals surface area (Å²) in [7, 11) is 1.58. The molecule has 1 aromatic heterocycles. The maximum absolute atomic E-state index is 12.5. The fourth-order valence-corrected chi connectivity index (χ4v) is 3.71. The average Bonchev–Trinajstić information content (AvgIpc) is 3.15. The van der Waals surface area contributed by atoms with Crippen LogP contribution in [0.4, 0.5) is 4.79 Å². The smallest absolute Gasteiger partial charge is 0.497 e. The van der Waals surface area contributed by atoms with Gasteiger partial charge in [-0.3, -0.25) is 9.69 Å². The van der Waals surface area contributed by atoms with E-state index in [4.69, 9.17) is 19.2 Å². The van der Waals surface area contributed by atoms with Gasteiger partial charge in [-0.15, -0.1) is 11.3 Å². The van der Waals surface area contributed by atoms with Crippen LogP contribution in [0.15, 0.2) is 46.1 Å². The van der Waals surface area contributed by atoms with Gasteiger partial charge in [-0.2, -0.15) is 0 Å². The highest BCUT2D eigenvalue weighted by Crippen LogP contribution is 2.37. The molecule has 1 atom stereocenters. The first-order valence-electron chi connectivity index (χ1n) is 9.36. The molecule has 8 nitrogen and oxygen atoms in total. The molecular formula is C21H23N3O5S. The predicted molar refractivity (Wildman–Crippen MR) is 112 cm³/mol. The number of carbonyl (C=O) groups is 2. The van der Waals surface area contributed by atoms with Crippen LogP contribution in [-0.2, 0) is 14.3 Å². The Labute approximate surface area is 178 Å². The average molecular weight is 429 g/mol. The maximum atomic E-state index is 12.5. The lowest BCUT2D eigenvalue weighted by molar-refractivity contribution is -0.124. The largest absolute Gasteiger partial charge is 0.513 e. The standard InChI is InChI=1S/C21H23N3O5S/c1-6-28-21(26)29-19-12(2)24(14(4)25)20(17-11-30-13(3)22-17)23-18(19)15-7-9-16(27-5)10-8-15/h7-11,18H,6H2,1-5H3. The Hall–Kier alpha value is -3.20. The molecule has 1 aliphatic heterocycles. The minimum Gasteiger partial charge on any atom is -0.497 e. The number of aryl methyl sites for hydroxylation is 1. The van der Waals surface area contributed by atoms with Crippen molar-refractivity contribution >= 4 is 29.2 Å². The highest BCUT2D eigenvalue weighted by atomic mass is 32.1. The van der Waals surface area contributed by atoms with Crippen LogP contribution in [0.2, 0.25) is 0 Å². The number of hydrogen-bond donors (Lipinski definition) is 0. The van der Waals surface area contributed by atoms with Gasteiger partial charge in [-0.25, -0.2) is 14.8 Å². The van der Waals surface area contributed by atoms with E-state index in [9.17, 15) is 9.59 Å². The van der Waals surface area contributed by atoms with E-state index in [-0.39, 0.29) is 18.3 Å². The summed E-state index contributed by atoms with van der Waals surface area (Å²) in [5, 5.41) is 2.70. The van der Waals surface area contributed by atoms with Crippen molar-refractivity contribution in [3.63, 3.8) is 0 Å². The Bertz CT molecular complexity index is 1010. The molecule has 0 fully saturated rings. The second-order valence-electron chi connectivity index (χ2n) is 6.47. The van der Waals surface area contributed by atoms with E-state index in [1.807, 2.05) is 24.4 Å². The molecule has 0 spiro atoms. The number of nitrogens with zero attached hydrogens (tertiary/aromatic N) is 3. The summed E-state index contributed by atoms with van der Waals surface area (Å²) in [4.78, 5) is 35.3. The van der Waals surface area contributed by atoms with E-state index in [0.717, 1.165) is 10.6 Å². The minimum atomic E-state index is -0.850. The van der Waals surface area contributed by atoms with Crippen LogP contribution in [0.3, 0.4) is 0 Å². The van der Waals surface area contributed by atoms with Crippen LogP contribution in [0.5, 0.6) is 5.75 Å². The lowest BCUT2D eigenvalue weighted by Crippen LogP contribution is -2.39. The van der Waals surface area contributed by atoms with Gasteiger partial charge in [0.15, 0.2) is 11.6 Å². The molecule has 1 aromatic carbocycles. The quantitative estimate of drug-likeness (QED) is 0.661. The van der Waals surface area contributed by atoms with Crippen LogP contribution >= 0.6 is 11.3 Å². The van der Waals surface area contributed by atoms with Crippen molar-refractivity contribution in [3.8, 4) is 5.75 Å². The summed E-state index contributed by atoms with van der Waals surface area (Å²) in [5.74, 6) is 1.05. The Morgan fingerprint density at radius 2 is 1.90 bits per heavy atom. The van der Waals surface area contributed by atoms with Crippen LogP contribution in [-0.4, -0.2) is 41.5 Å². The van der Waals surface area contributed by atoms with E-state index < -0.39 is 12.2 Å². The van der Waals surface area contributed by atoms with E-state index >= 15 is 0 Å². The molecule has 0 N–H and O–H groups in total. The van der Waals surface area contributed by atoms with Crippen molar-refractivity contribution in [1.82, 2.24) is 9.88 Å². The number of aromatic nitrogens is 1. The molecule has 1 amide bonds. The number of amides is 1. The van der Waals surface area contributed by atoms with Crippen molar-refractivity contribution < 1.29 is 23.8 Å². The van der Waals surface area contributed by atoms with Gasteiger partial charge in [0.05, 0.1) is 24.4 Å². The molecule has 158 valence electrons. The molecule has 30 heavy (non-hydrogen) atoms. The topological polar surface area (TPSA) is 90.3 Å². The van der Waals surface area contributed by atoms with Gasteiger partial charge in [0, 0.05) is 12.3 Å². The molecule has 0 bridgehead atoms. The Morgan fingerprint density at radius 3 is 2.43 bits per heavy atom. The number of allylic oxidation sites excluding steroid dienone is 1. The zero-order valence-electron chi connectivity index (χ0n) is 17.5. The van der Waals surface area contributed by atoms with Crippen molar-refractivity contribution in [2.45, 2.75) is 33.7 Å². The monoisotopic (exact) mass is 429 g/mol. The number of thiazole rings is 1. The zero-order chi connectivity index (χ0) is 21.8. The first-order valence-corrected chi connectivity index (χ1v) is 10.2. The molecule has 1 aliphatic rings. The fraction of sp³-hybridized carbons (Fsp3) is 0.333. The third-order valence-electron chi connectivity index (χ3n) is 4.45. The molecule has 0 saturated heterocycles. The molecule has 2 heterocycles. The van der Waals surface area contributed by atoms with Gasteiger partial charge >= 0.3 is 6.16 Å². The Kier molecular flexibility index (Phi) is 6.51. The number of ether oxygens (including phenoxy) is 3. The van der Waals surface area contributed by atoms with E-state index in [1.165, 1.54) is 23.2 Å². The summed E-state index contributed by atoms with van der Waals surface area (Å²) < 4.78 is 15.7. The number of rotatable bonds is 5. The minimum absolute atomic E-state index is 0.168. The molecule has 0 aliphatic carbocycles. The van der Waals surface area contributed by atoms with Crippen molar-refractivity contribution in [2.24, 2.45) is 4.99 Å². The van der Waals surface area contributed by atoms with Crippen LogP contribution in [0, 0.1) is 6.92 Å². The van der Waals surface area contributed by atoms with Crippen LogP contribution < -0.4 is 4.74 Å². The van der Waals surface area contributed by atoms with Gasteiger partial charge < -0.3 is 14.2 Å². The maximum Gasteiger partial charge on any atom is 0.513 e. The second-order valence-corrected chi connectivity index (χ2v) is 7.53. The van der Waals surface area contributed by atoms with Crippen molar-refractivity contribution in [2.75, 3.05) is 13.7 Å². The predicted octanol–water partition coefficient (Wildman–Crippen LogP) is 4.21. The lowest BCUT2D eigenvalue weighted by atomic mass is 10.0. The molecule has 9 heteroatoms. The number of aliphatic imine (C=N–C) groups is 1. The molecule has 1 unspecified atom stereocenters. The number of amidine groups is 1. The van der Waals surface area contributed by atoms with E-state index in [1.54, 1.807) is 33.1 Å². The number of carbonyl (C=O) groups excluding carboxylic acids is 2. The summed E-state index contributed by atoms with van der Waals surface area (Å²) >= 11 is 1.47. The van der Waals surface area contributed by atoms with Gasteiger partial charge in [0.25, 0.3) is 0 Å². The van der Waals surface area contributed by atoms with E-state index in [2.05, 4.69) is 4.98 Å². The zero-order valence-corrected chi connectivity index (χ0v) is 18.3.